The molecule has 1 fully saturated rings. The van der Waals surface area contributed by atoms with Crippen molar-refractivity contribution < 1.29 is 14.6 Å². The van der Waals surface area contributed by atoms with Gasteiger partial charge >= 0.3 is 6.01 Å². The van der Waals surface area contributed by atoms with E-state index in [4.69, 9.17) is 9.47 Å². The highest BCUT2D eigenvalue weighted by Gasteiger charge is 2.37. The van der Waals surface area contributed by atoms with Crippen molar-refractivity contribution in [2.24, 2.45) is 0 Å². The van der Waals surface area contributed by atoms with Gasteiger partial charge in [0, 0.05) is 25.8 Å². The number of ether oxygens (including phenoxy) is 2. The maximum atomic E-state index is 11.2. The van der Waals surface area contributed by atoms with Crippen molar-refractivity contribution in [3.63, 3.8) is 0 Å². The van der Waals surface area contributed by atoms with Gasteiger partial charge in [0.05, 0.1) is 24.4 Å². The Morgan fingerprint density at radius 1 is 1.08 bits per heavy atom. The van der Waals surface area contributed by atoms with Crippen LogP contribution >= 0.6 is 0 Å². The standard InChI is InChI=1S/C20H27N3O3/c1-3-25-18-17(14-21-19(22-18)26-4-2)20(24)10-12-23(13-11-20)15-16-8-6-5-7-9-16/h5-9,14,24H,3-4,10-13,15H2,1-2H3. The summed E-state index contributed by atoms with van der Waals surface area (Å²) in [6.07, 6.45) is 2.89. The Morgan fingerprint density at radius 3 is 2.42 bits per heavy atom. The van der Waals surface area contributed by atoms with Gasteiger partial charge in [-0.05, 0) is 32.3 Å². The molecule has 2 aromatic rings. The van der Waals surface area contributed by atoms with E-state index in [0.29, 0.717) is 37.5 Å². The molecule has 2 heterocycles. The van der Waals surface area contributed by atoms with Crippen molar-refractivity contribution in [3.8, 4) is 11.9 Å². The van der Waals surface area contributed by atoms with Gasteiger partial charge in [0.1, 0.15) is 0 Å². The van der Waals surface area contributed by atoms with Crippen LogP contribution in [0.15, 0.2) is 36.5 Å². The molecule has 1 aromatic carbocycles. The maximum Gasteiger partial charge on any atom is 0.319 e. The van der Waals surface area contributed by atoms with Gasteiger partial charge in [0.2, 0.25) is 5.88 Å². The van der Waals surface area contributed by atoms with Crippen LogP contribution in [-0.2, 0) is 12.1 Å². The smallest absolute Gasteiger partial charge is 0.319 e. The summed E-state index contributed by atoms with van der Waals surface area (Å²) in [5.41, 5.74) is 0.974. The molecule has 140 valence electrons. The van der Waals surface area contributed by atoms with Crippen LogP contribution in [0.1, 0.15) is 37.8 Å². The summed E-state index contributed by atoms with van der Waals surface area (Å²) >= 11 is 0. The molecule has 6 heteroatoms. The van der Waals surface area contributed by atoms with Gasteiger partial charge < -0.3 is 14.6 Å². The maximum absolute atomic E-state index is 11.2. The second-order valence-electron chi connectivity index (χ2n) is 6.53. The SMILES string of the molecule is CCOc1ncc(C2(O)CCN(Cc3ccccc3)CC2)c(OCC)n1. The first kappa shape index (κ1) is 18.6. The van der Waals surface area contributed by atoms with E-state index in [2.05, 4.69) is 39.1 Å². The van der Waals surface area contributed by atoms with Crippen LogP contribution in [0.2, 0.25) is 0 Å². The van der Waals surface area contributed by atoms with Crippen LogP contribution < -0.4 is 9.47 Å². The van der Waals surface area contributed by atoms with Gasteiger partial charge in [-0.1, -0.05) is 30.3 Å². The number of likely N-dealkylation sites (tertiary alicyclic amines) is 1. The summed E-state index contributed by atoms with van der Waals surface area (Å²) in [6, 6.07) is 10.7. The Hall–Kier alpha value is -2.18. The Kier molecular flexibility index (Phi) is 6.06. The Labute approximate surface area is 154 Å². The lowest BCUT2D eigenvalue weighted by Crippen LogP contribution is -2.42. The number of piperidine rings is 1. The van der Waals surface area contributed by atoms with Crippen LogP contribution in [-0.4, -0.2) is 46.3 Å². The molecule has 0 bridgehead atoms. The van der Waals surface area contributed by atoms with Gasteiger partial charge in [-0.2, -0.15) is 4.98 Å². The van der Waals surface area contributed by atoms with Crippen molar-refractivity contribution in [1.29, 1.82) is 0 Å². The molecule has 1 aliphatic rings. The molecule has 1 aromatic heterocycles. The first-order chi connectivity index (χ1) is 12.6. The Morgan fingerprint density at radius 2 is 1.77 bits per heavy atom. The van der Waals surface area contributed by atoms with Crippen LogP contribution in [0.5, 0.6) is 11.9 Å². The highest BCUT2D eigenvalue weighted by atomic mass is 16.5. The van der Waals surface area contributed by atoms with Crippen molar-refractivity contribution in [1.82, 2.24) is 14.9 Å². The summed E-state index contributed by atoms with van der Waals surface area (Å²) < 4.78 is 11.0. The van der Waals surface area contributed by atoms with E-state index in [1.165, 1.54) is 5.56 Å². The van der Waals surface area contributed by atoms with E-state index in [9.17, 15) is 5.11 Å². The number of hydrogen-bond acceptors (Lipinski definition) is 6. The second-order valence-corrected chi connectivity index (χ2v) is 6.53. The minimum absolute atomic E-state index is 0.282. The molecule has 1 saturated heterocycles. The third kappa shape index (κ3) is 4.31. The summed E-state index contributed by atoms with van der Waals surface area (Å²) in [4.78, 5) is 10.9. The van der Waals surface area contributed by atoms with E-state index < -0.39 is 5.60 Å². The number of hydrogen-bond donors (Lipinski definition) is 1. The zero-order valence-electron chi connectivity index (χ0n) is 15.5. The molecule has 0 aliphatic carbocycles. The highest BCUT2D eigenvalue weighted by Crippen LogP contribution is 2.37. The number of benzene rings is 1. The number of rotatable bonds is 7. The fourth-order valence-corrected chi connectivity index (χ4v) is 3.31. The molecular formula is C20H27N3O3. The molecule has 0 unspecified atom stereocenters. The van der Waals surface area contributed by atoms with Gasteiger partial charge in [-0.15, -0.1) is 0 Å². The second kappa shape index (κ2) is 8.47. The van der Waals surface area contributed by atoms with Crippen molar-refractivity contribution in [2.45, 2.75) is 38.8 Å². The minimum atomic E-state index is -0.970. The number of aliphatic hydroxyl groups is 1. The zero-order valence-corrected chi connectivity index (χ0v) is 15.5. The molecule has 0 amide bonds. The first-order valence-electron chi connectivity index (χ1n) is 9.26. The molecule has 1 N–H and O–H groups in total. The number of aromatic nitrogens is 2. The fraction of sp³-hybridized carbons (Fsp3) is 0.500. The topological polar surface area (TPSA) is 67.7 Å². The summed E-state index contributed by atoms with van der Waals surface area (Å²) in [6.45, 7) is 7.27. The quantitative estimate of drug-likeness (QED) is 0.822. The molecule has 1 aliphatic heterocycles. The average molecular weight is 357 g/mol. The first-order valence-corrected chi connectivity index (χ1v) is 9.26. The Balaban J connectivity index is 1.71. The molecular weight excluding hydrogens is 330 g/mol. The van der Waals surface area contributed by atoms with E-state index in [1.807, 2.05) is 19.9 Å². The predicted molar refractivity (Wildman–Crippen MR) is 99.2 cm³/mol. The summed E-state index contributed by atoms with van der Waals surface area (Å²) in [5, 5.41) is 11.2. The van der Waals surface area contributed by atoms with Gasteiger partial charge in [-0.25, -0.2) is 4.98 Å². The largest absolute Gasteiger partial charge is 0.478 e. The average Bonchev–Trinajstić information content (AvgIpc) is 2.65. The van der Waals surface area contributed by atoms with E-state index in [0.717, 1.165) is 19.6 Å². The van der Waals surface area contributed by atoms with E-state index >= 15 is 0 Å². The zero-order chi connectivity index (χ0) is 18.4. The molecule has 26 heavy (non-hydrogen) atoms. The Bertz CT molecular complexity index is 701. The third-order valence-corrected chi connectivity index (χ3v) is 4.72. The molecule has 0 saturated carbocycles. The molecule has 0 spiro atoms. The number of nitrogens with zero attached hydrogens (tertiary/aromatic N) is 3. The molecule has 3 rings (SSSR count). The third-order valence-electron chi connectivity index (χ3n) is 4.72. The van der Waals surface area contributed by atoms with E-state index in [1.54, 1.807) is 6.20 Å². The van der Waals surface area contributed by atoms with Crippen molar-refractivity contribution in [2.75, 3.05) is 26.3 Å². The van der Waals surface area contributed by atoms with Gasteiger partial charge in [0.15, 0.2) is 0 Å². The van der Waals surface area contributed by atoms with Crippen LogP contribution in [0.3, 0.4) is 0 Å². The lowest BCUT2D eigenvalue weighted by molar-refractivity contribution is -0.0303. The minimum Gasteiger partial charge on any atom is -0.478 e. The van der Waals surface area contributed by atoms with Crippen LogP contribution in [0, 0.1) is 0 Å². The molecule has 6 nitrogen and oxygen atoms in total. The normalized spacial score (nSPS) is 17.0. The predicted octanol–water partition coefficient (Wildman–Crippen LogP) is 2.76. The van der Waals surface area contributed by atoms with Crippen molar-refractivity contribution in [3.05, 3.63) is 47.7 Å². The van der Waals surface area contributed by atoms with Crippen molar-refractivity contribution >= 4 is 0 Å². The van der Waals surface area contributed by atoms with E-state index in [-0.39, 0.29) is 6.01 Å². The molecule has 0 radical (unpaired) electrons. The summed E-state index contributed by atoms with van der Waals surface area (Å²) in [7, 11) is 0. The fourth-order valence-electron chi connectivity index (χ4n) is 3.31. The highest BCUT2D eigenvalue weighted by molar-refractivity contribution is 5.32. The molecule has 0 atom stereocenters. The lowest BCUT2D eigenvalue weighted by atomic mass is 9.85. The van der Waals surface area contributed by atoms with Crippen LogP contribution in [0.25, 0.3) is 0 Å². The summed E-state index contributed by atoms with van der Waals surface area (Å²) in [5.74, 6) is 0.421. The van der Waals surface area contributed by atoms with Crippen LogP contribution in [0.4, 0.5) is 0 Å². The lowest BCUT2D eigenvalue weighted by Gasteiger charge is -2.38. The van der Waals surface area contributed by atoms with Gasteiger partial charge in [0.25, 0.3) is 0 Å². The monoisotopic (exact) mass is 357 g/mol. The van der Waals surface area contributed by atoms with Gasteiger partial charge in [-0.3, -0.25) is 4.90 Å².